The molecule has 0 saturated carbocycles. The number of carbonyl (C=O) groups excluding carboxylic acids is 1. The van der Waals surface area contributed by atoms with Crippen molar-refractivity contribution in [1.82, 2.24) is 9.55 Å². The molecule has 2 heterocycles. The quantitative estimate of drug-likeness (QED) is 0.616. The van der Waals surface area contributed by atoms with Gasteiger partial charge >= 0.3 is 0 Å². The molecule has 0 fully saturated rings. The Morgan fingerprint density at radius 1 is 1.32 bits per heavy atom. The lowest BCUT2D eigenvalue weighted by Gasteiger charge is -2.17. The zero-order valence-corrected chi connectivity index (χ0v) is 17.0. The van der Waals surface area contributed by atoms with Crippen molar-refractivity contribution in [2.75, 3.05) is 14.2 Å². The molecule has 0 saturated heterocycles. The summed E-state index contributed by atoms with van der Waals surface area (Å²) in [5.41, 5.74) is 1.40. The SMILES string of the molecule is COc1ccc(C(=O)Cn2cnc3sc4c(c3c2=O)CC[C@@H](C)C4)c(OC)c1. The molecule has 1 aliphatic carbocycles. The highest BCUT2D eigenvalue weighted by atomic mass is 32.1. The fourth-order valence-electron chi connectivity index (χ4n) is 3.75. The molecule has 4 rings (SSSR count). The molecule has 0 spiro atoms. The predicted molar refractivity (Wildman–Crippen MR) is 109 cm³/mol. The van der Waals surface area contributed by atoms with E-state index >= 15 is 0 Å². The number of rotatable bonds is 5. The second-order valence-corrected chi connectivity index (χ2v) is 8.28. The third-order valence-corrected chi connectivity index (χ3v) is 6.47. The van der Waals surface area contributed by atoms with Gasteiger partial charge in [-0.15, -0.1) is 11.3 Å². The predicted octanol–water partition coefficient (Wildman–Crippen LogP) is 3.48. The van der Waals surface area contributed by atoms with Crippen LogP contribution < -0.4 is 15.0 Å². The Balaban J connectivity index is 1.70. The number of thiophene rings is 1. The van der Waals surface area contributed by atoms with Crippen molar-refractivity contribution in [3.63, 3.8) is 0 Å². The summed E-state index contributed by atoms with van der Waals surface area (Å²) in [5.74, 6) is 1.45. The van der Waals surface area contributed by atoms with E-state index in [0.717, 1.165) is 29.7 Å². The Bertz CT molecular complexity index is 1120. The zero-order valence-electron chi connectivity index (χ0n) is 16.2. The third-order valence-electron chi connectivity index (χ3n) is 5.31. The molecule has 7 heteroatoms. The van der Waals surface area contributed by atoms with Crippen molar-refractivity contribution in [2.24, 2.45) is 5.92 Å². The van der Waals surface area contributed by atoms with Gasteiger partial charge in [-0.1, -0.05) is 6.92 Å². The average Bonchev–Trinajstić information content (AvgIpc) is 3.07. The molecular weight excluding hydrogens is 376 g/mol. The summed E-state index contributed by atoms with van der Waals surface area (Å²) in [5, 5.41) is 0.684. The largest absolute Gasteiger partial charge is 0.497 e. The molecule has 6 nitrogen and oxygen atoms in total. The second-order valence-electron chi connectivity index (χ2n) is 7.20. The summed E-state index contributed by atoms with van der Waals surface area (Å²) in [6.07, 6.45) is 4.45. The fraction of sp³-hybridized carbons (Fsp3) is 0.381. The van der Waals surface area contributed by atoms with E-state index in [4.69, 9.17) is 9.47 Å². The van der Waals surface area contributed by atoms with Crippen LogP contribution in [0.5, 0.6) is 11.5 Å². The van der Waals surface area contributed by atoms with Gasteiger partial charge in [-0.3, -0.25) is 14.2 Å². The lowest BCUT2D eigenvalue weighted by atomic mass is 9.89. The van der Waals surface area contributed by atoms with E-state index < -0.39 is 0 Å². The number of Topliss-reactive ketones (excluding diaryl/α,β-unsaturated/α-hetero) is 1. The van der Waals surface area contributed by atoms with Gasteiger partial charge in [0.25, 0.3) is 5.56 Å². The third kappa shape index (κ3) is 3.20. The maximum absolute atomic E-state index is 13.1. The average molecular weight is 398 g/mol. The van der Waals surface area contributed by atoms with E-state index in [1.165, 1.54) is 22.9 Å². The van der Waals surface area contributed by atoms with Gasteiger partial charge in [-0.25, -0.2) is 4.98 Å². The highest BCUT2D eigenvalue weighted by Crippen LogP contribution is 2.35. The van der Waals surface area contributed by atoms with Crippen molar-refractivity contribution in [2.45, 2.75) is 32.7 Å². The summed E-state index contributed by atoms with van der Waals surface area (Å²) < 4.78 is 11.9. The zero-order chi connectivity index (χ0) is 19.8. The van der Waals surface area contributed by atoms with Gasteiger partial charge in [0, 0.05) is 10.9 Å². The number of ether oxygens (including phenoxy) is 2. The number of hydrogen-bond donors (Lipinski definition) is 0. The number of methoxy groups -OCH3 is 2. The lowest BCUT2D eigenvalue weighted by Crippen LogP contribution is -2.25. The number of carbonyl (C=O) groups is 1. The van der Waals surface area contributed by atoms with Crippen molar-refractivity contribution >= 4 is 27.3 Å². The standard InChI is InChI=1S/C21H22N2O4S/c1-12-4-6-15-18(8-12)28-20-19(15)21(25)23(11-22-20)10-16(24)14-7-5-13(26-2)9-17(14)27-3/h5,7,9,11-12H,4,6,8,10H2,1-3H3/t12-/m1/s1. The summed E-state index contributed by atoms with van der Waals surface area (Å²) in [7, 11) is 3.06. The van der Waals surface area contributed by atoms with Crippen LogP contribution in [0.2, 0.25) is 0 Å². The van der Waals surface area contributed by atoms with Crippen molar-refractivity contribution in [3.8, 4) is 11.5 Å². The highest BCUT2D eigenvalue weighted by molar-refractivity contribution is 7.18. The molecule has 0 unspecified atom stereocenters. The monoisotopic (exact) mass is 398 g/mol. The Hall–Kier alpha value is -2.67. The number of fused-ring (bicyclic) bond motifs is 3. The van der Waals surface area contributed by atoms with Crippen LogP contribution in [0.1, 0.15) is 34.1 Å². The first kappa shape index (κ1) is 18.7. The van der Waals surface area contributed by atoms with Crippen LogP contribution in [-0.4, -0.2) is 29.6 Å². The fourth-order valence-corrected chi connectivity index (χ4v) is 5.09. The number of ketones is 1. The van der Waals surface area contributed by atoms with Crippen molar-refractivity contribution in [3.05, 3.63) is 50.9 Å². The number of nitrogens with zero attached hydrogens (tertiary/aromatic N) is 2. The van der Waals surface area contributed by atoms with Crippen molar-refractivity contribution in [1.29, 1.82) is 0 Å². The van der Waals surface area contributed by atoms with Crippen LogP contribution in [0.25, 0.3) is 10.2 Å². The van der Waals surface area contributed by atoms with Gasteiger partial charge in [0.1, 0.15) is 16.3 Å². The van der Waals surface area contributed by atoms with E-state index in [1.807, 2.05) is 0 Å². The molecule has 1 atom stereocenters. The van der Waals surface area contributed by atoms with Gasteiger partial charge in [0.05, 0.1) is 38.0 Å². The van der Waals surface area contributed by atoms with E-state index in [9.17, 15) is 9.59 Å². The molecule has 1 aliphatic rings. The molecule has 3 aromatic rings. The van der Waals surface area contributed by atoms with E-state index in [2.05, 4.69) is 11.9 Å². The minimum absolute atomic E-state index is 0.0779. The topological polar surface area (TPSA) is 70.4 Å². The van der Waals surface area contributed by atoms with Crippen LogP contribution >= 0.6 is 11.3 Å². The Kier molecular flexibility index (Phi) is 4.93. The molecule has 2 aromatic heterocycles. The van der Waals surface area contributed by atoms with Gasteiger partial charge < -0.3 is 9.47 Å². The maximum Gasteiger partial charge on any atom is 0.262 e. The minimum atomic E-state index is -0.208. The van der Waals surface area contributed by atoms with E-state index in [0.29, 0.717) is 28.4 Å². The van der Waals surface area contributed by atoms with E-state index in [1.54, 1.807) is 36.6 Å². The number of hydrogen-bond acceptors (Lipinski definition) is 6. The molecule has 0 bridgehead atoms. The molecule has 146 valence electrons. The summed E-state index contributed by atoms with van der Waals surface area (Å²) in [6, 6.07) is 5.02. The van der Waals surface area contributed by atoms with Gasteiger partial charge in [-0.2, -0.15) is 0 Å². The summed E-state index contributed by atoms with van der Waals surface area (Å²) in [6.45, 7) is 2.16. The van der Waals surface area contributed by atoms with Crippen molar-refractivity contribution < 1.29 is 14.3 Å². The molecule has 0 amide bonds. The first-order valence-electron chi connectivity index (χ1n) is 9.26. The van der Waals surface area contributed by atoms with Gasteiger partial charge in [-0.05, 0) is 42.9 Å². The molecule has 0 radical (unpaired) electrons. The number of benzene rings is 1. The van der Waals surface area contributed by atoms with Crippen LogP contribution in [0.15, 0.2) is 29.3 Å². The first-order valence-corrected chi connectivity index (χ1v) is 10.1. The smallest absolute Gasteiger partial charge is 0.262 e. The number of aromatic nitrogens is 2. The normalized spacial score (nSPS) is 16.0. The minimum Gasteiger partial charge on any atom is -0.497 e. The first-order chi connectivity index (χ1) is 13.5. The van der Waals surface area contributed by atoms with Crippen LogP contribution in [0.3, 0.4) is 0 Å². The molecule has 0 aliphatic heterocycles. The Morgan fingerprint density at radius 2 is 2.14 bits per heavy atom. The lowest BCUT2D eigenvalue weighted by molar-refractivity contribution is 0.0967. The maximum atomic E-state index is 13.1. The van der Waals surface area contributed by atoms with Crippen LogP contribution in [-0.2, 0) is 19.4 Å². The highest BCUT2D eigenvalue weighted by Gasteiger charge is 2.24. The Morgan fingerprint density at radius 3 is 2.89 bits per heavy atom. The van der Waals surface area contributed by atoms with Crippen LogP contribution in [0, 0.1) is 5.92 Å². The summed E-state index contributed by atoms with van der Waals surface area (Å²) >= 11 is 1.61. The molecule has 0 N–H and O–H groups in total. The second kappa shape index (κ2) is 7.39. The number of aryl methyl sites for hydroxylation is 1. The molecule has 28 heavy (non-hydrogen) atoms. The Labute approximate surface area is 166 Å². The summed E-state index contributed by atoms with van der Waals surface area (Å²) in [4.78, 5) is 32.4. The van der Waals surface area contributed by atoms with Crippen LogP contribution in [0.4, 0.5) is 0 Å². The van der Waals surface area contributed by atoms with Gasteiger partial charge in [0.15, 0.2) is 5.78 Å². The molecular formula is C21H22N2O4S. The van der Waals surface area contributed by atoms with Gasteiger partial charge in [0.2, 0.25) is 0 Å². The molecule has 1 aromatic carbocycles. The van der Waals surface area contributed by atoms with E-state index in [-0.39, 0.29) is 17.9 Å².